The maximum atomic E-state index is 13.0. The largest absolute Gasteiger partial charge is 0.456 e. The molecular formula is C14H7Cl2FO. The second-order valence-electron chi connectivity index (χ2n) is 3.92. The van der Waals surface area contributed by atoms with E-state index in [1.807, 2.05) is 6.07 Å². The lowest BCUT2D eigenvalue weighted by Crippen LogP contribution is -1.78. The molecule has 0 aliphatic heterocycles. The van der Waals surface area contributed by atoms with Crippen molar-refractivity contribution in [3.8, 4) is 11.3 Å². The van der Waals surface area contributed by atoms with Gasteiger partial charge in [0, 0.05) is 16.0 Å². The first kappa shape index (κ1) is 11.6. The standard InChI is InChI=1S/C14H7Cl2FO/c15-9-1-4-13-8(5-9)6-14(18-13)11-3-2-10(17)7-12(11)16/h1-7H. The lowest BCUT2D eigenvalue weighted by molar-refractivity contribution is 0.623. The maximum Gasteiger partial charge on any atom is 0.136 e. The van der Waals surface area contributed by atoms with Crippen molar-refractivity contribution in [3.63, 3.8) is 0 Å². The summed E-state index contributed by atoms with van der Waals surface area (Å²) in [6, 6.07) is 11.4. The van der Waals surface area contributed by atoms with Crippen LogP contribution in [-0.4, -0.2) is 0 Å². The first-order chi connectivity index (χ1) is 8.63. The van der Waals surface area contributed by atoms with Gasteiger partial charge >= 0.3 is 0 Å². The molecule has 0 amide bonds. The Morgan fingerprint density at radius 2 is 1.78 bits per heavy atom. The van der Waals surface area contributed by atoms with E-state index in [0.29, 0.717) is 21.4 Å². The lowest BCUT2D eigenvalue weighted by Gasteiger charge is -1.99. The highest BCUT2D eigenvalue weighted by atomic mass is 35.5. The van der Waals surface area contributed by atoms with Crippen LogP contribution in [-0.2, 0) is 0 Å². The van der Waals surface area contributed by atoms with Crippen LogP contribution in [0.15, 0.2) is 46.9 Å². The third-order valence-electron chi connectivity index (χ3n) is 2.67. The summed E-state index contributed by atoms with van der Waals surface area (Å²) >= 11 is 11.9. The molecule has 0 radical (unpaired) electrons. The van der Waals surface area contributed by atoms with Gasteiger partial charge in [0.15, 0.2) is 0 Å². The third-order valence-corrected chi connectivity index (χ3v) is 3.22. The molecule has 1 heterocycles. The van der Waals surface area contributed by atoms with Crippen LogP contribution >= 0.6 is 23.2 Å². The van der Waals surface area contributed by atoms with Crippen LogP contribution in [0.25, 0.3) is 22.3 Å². The number of furan rings is 1. The Morgan fingerprint density at radius 1 is 0.944 bits per heavy atom. The van der Waals surface area contributed by atoms with Crippen molar-refractivity contribution in [2.24, 2.45) is 0 Å². The van der Waals surface area contributed by atoms with E-state index in [2.05, 4.69) is 0 Å². The van der Waals surface area contributed by atoms with Crippen LogP contribution in [0.1, 0.15) is 0 Å². The van der Waals surface area contributed by atoms with Gasteiger partial charge in [-0.2, -0.15) is 0 Å². The van der Waals surface area contributed by atoms with Crippen molar-refractivity contribution in [3.05, 3.63) is 58.3 Å². The smallest absolute Gasteiger partial charge is 0.136 e. The summed E-state index contributed by atoms with van der Waals surface area (Å²) in [5.74, 6) is 0.222. The molecule has 0 spiro atoms. The molecule has 0 saturated heterocycles. The molecule has 3 rings (SSSR count). The minimum absolute atomic E-state index is 0.320. The van der Waals surface area contributed by atoms with E-state index in [-0.39, 0.29) is 5.82 Å². The Labute approximate surface area is 113 Å². The van der Waals surface area contributed by atoms with Gasteiger partial charge in [-0.25, -0.2) is 4.39 Å². The van der Waals surface area contributed by atoms with Crippen LogP contribution in [0.3, 0.4) is 0 Å². The molecule has 2 aromatic carbocycles. The quantitative estimate of drug-likeness (QED) is 0.570. The van der Waals surface area contributed by atoms with Crippen molar-refractivity contribution in [2.45, 2.75) is 0 Å². The highest BCUT2D eigenvalue weighted by molar-refractivity contribution is 6.33. The van der Waals surface area contributed by atoms with Gasteiger partial charge in [0.25, 0.3) is 0 Å². The summed E-state index contributed by atoms with van der Waals surface area (Å²) in [4.78, 5) is 0. The molecule has 0 aliphatic carbocycles. The summed E-state index contributed by atoms with van der Waals surface area (Å²) in [5, 5.41) is 1.85. The first-order valence-electron chi connectivity index (χ1n) is 5.28. The van der Waals surface area contributed by atoms with E-state index < -0.39 is 0 Å². The molecule has 1 aromatic heterocycles. The molecule has 3 aromatic rings. The fourth-order valence-corrected chi connectivity index (χ4v) is 2.28. The SMILES string of the molecule is Fc1ccc(-c2cc3cc(Cl)ccc3o2)c(Cl)c1. The molecule has 1 nitrogen and oxygen atoms in total. The van der Waals surface area contributed by atoms with Gasteiger partial charge in [0.2, 0.25) is 0 Å². The van der Waals surface area contributed by atoms with Crippen molar-refractivity contribution in [1.29, 1.82) is 0 Å². The highest BCUT2D eigenvalue weighted by Crippen LogP contribution is 2.33. The number of rotatable bonds is 1. The molecule has 18 heavy (non-hydrogen) atoms. The Kier molecular flexibility index (Phi) is 2.77. The molecule has 0 unspecified atom stereocenters. The molecule has 4 heteroatoms. The molecular weight excluding hydrogens is 274 g/mol. The van der Waals surface area contributed by atoms with E-state index in [9.17, 15) is 4.39 Å². The predicted molar refractivity (Wildman–Crippen MR) is 71.6 cm³/mol. The summed E-state index contributed by atoms with van der Waals surface area (Å²) in [6.07, 6.45) is 0. The Bertz CT molecular complexity index is 734. The minimum atomic E-state index is -0.372. The molecule has 0 atom stereocenters. The Morgan fingerprint density at radius 3 is 2.56 bits per heavy atom. The second kappa shape index (κ2) is 4.30. The summed E-state index contributed by atoms with van der Waals surface area (Å²) in [5.41, 5.74) is 1.38. The van der Waals surface area contributed by atoms with E-state index in [1.165, 1.54) is 12.1 Å². The van der Waals surface area contributed by atoms with Gasteiger partial charge in [-0.3, -0.25) is 0 Å². The Hall–Kier alpha value is -1.51. The molecule has 0 N–H and O–H groups in total. The number of halogens is 3. The van der Waals surface area contributed by atoms with Gasteiger partial charge in [-0.15, -0.1) is 0 Å². The molecule has 90 valence electrons. The van der Waals surface area contributed by atoms with Crippen LogP contribution in [0.5, 0.6) is 0 Å². The van der Waals surface area contributed by atoms with E-state index >= 15 is 0 Å². The average Bonchev–Trinajstić information content (AvgIpc) is 2.71. The summed E-state index contributed by atoms with van der Waals surface area (Å²) in [6.45, 7) is 0. The maximum absolute atomic E-state index is 13.0. The zero-order chi connectivity index (χ0) is 12.7. The number of hydrogen-bond donors (Lipinski definition) is 0. The third kappa shape index (κ3) is 1.98. The van der Waals surface area contributed by atoms with Crippen LogP contribution in [0.2, 0.25) is 10.0 Å². The lowest BCUT2D eigenvalue weighted by atomic mass is 10.1. The van der Waals surface area contributed by atoms with E-state index in [0.717, 1.165) is 11.0 Å². The number of fused-ring (bicyclic) bond motifs is 1. The first-order valence-corrected chi connectivity index (χ1v) is 6.03. The van der Waals surface area contributed by atoms with Crippen molar-refractivity contribution < 1.29 is 8.81 Å². The van der Waals surface area contributed by atoms with Gasteiger partial charge in [-0.1, -0.05) is 23.2 Å². The second-order valence-corrected chi connectivity index (χ2v) is 4.76. The van der Waals surface area contributed by atoms with E-state index in [1.54, 1.807) is 24.3 Å². The zero-order valence-electron chi connectivity index (χ0n) is 9.08. The highest BCUT2D eigenvalue weighted by Gasteiger charge is 2.10. The average molecular weight is 281 g/mol. The van der Waals surface area contributed by atoms with Crippen LogP contribution in [0.4, 0.5) is 4.39 Å². The Balaban J connectivity index is 2.19. The summed E-state index contributed by atoms with van der Waals surface area (Å²) in [7, 11) is 0. The van der Waals surface area contributed by atoms with Gasteiger partial charge in [-0.05, 0) is 42.5 Å². The fourth-order valence-electron chi connectivity index (χ4n) is 1.84. The topological polar surface area (TPSA) is 13.1 Å². The van der Waals surface area contributed by atoms with Crippen molar-refractivity contribution >= 4 is 34.2 Å². The summed E-state index contributed by atoms with van der Waals surface area (Å²) < 4.78 is 18.7. The van der Waals surface area contributed by atoms with Crippen molar-refractivity contribution in [2.75, 3.05) is 0 Å². The van der Waals surface area contributed by atoms with Crippen molar-refractivity contribution in [1.82, 2.24) is 0 Å². The van der Waals surface area contributed by atoms with Crippen LogP contribution < -0.4 is 0 Å². The number of hydrogen-bond acceptors (Lipinski definition) is 1. The minimum Gasteiger partial charge on any atom is -0.456 e. The van der Waals surface area contributed by atoms with Gasteiger partial charge in [0.05, 0.1) is 5.02 Å². The van der Waals surface area contributed by atoms with Gasteiger partial charge < -0.3 is 4.42 Å². The molecule has 0 fully saturated rings. The number of benzene rings is 2. The van der Waals surface area contributed by atoms with Gasteiger partial charge in [0.1, 0.15) is 17.2 Å². The molecule has 0 saturated carbocycles. The molecule has 0 aliphatic rings. The normalized spacial score (nSPS) is 11.1. The predicted octanol–water partition coefficient (Wildman–Crippen LogP) is 5.55. The van der Waals surface area contributed by atoms with E-state index in [4.69, 9.17) is 27.6 Å². The zero-order valence-corrected chi connectivity index (χ0v) is 10.6. The van der Waals surface area contributed by atoms with Crippen LogP contribution in [0, 0.1) is 5.82 Å². The monoisotopic (exact) mass is 280 g/mol. The molecule has 0 bridgehead atoms. The fraction of sp³-hybridized carbons (Fsp3) is 0.